The van der Waals surface area contributed by atoms with Gasteiger partial charge in [0.2, 0.25) is 0 Å². The molecule has 2 saturated carbocycles. The van der Waals surface area contributed by atoms with Crippen molar-refractivity contribution < 1.29 is 0 Å². The predicted octanol–water partition coefficient (Wildman–Crippen LogP) is 3.67. The van der Waals surface area contributed by atoms with E-state index in [2.05, 4.69) is 24.1 Å². The van der Waals surface area contributed by atoms with Crippen molar-refractivity contribution in [2.75, 3.05) is 19.6 Å². The maximum Gasteiger partial charge on any atom is 0.0198 e. The van der Waals surface area contributed by atoms with Crippen molar-refractivity contribution >= 4 is 0 Å². The fourth-order valence-corrected chi connectivity index (χ4v) is 4.64. The van der Waals surface area contributed by atoms with Gasteiger partial charge in [0, 0.05) is 25.2 Å². The van der Waals surface area contributed by atoms with Crippen LogP contribution in [0.4, 0.5) is 0 Å². The van der Waals surface area contributed by atoms with Crippen LogP contribution in [-0.4, -0.2) is 36.6 Å². The summed E-state index contributed by atoms with van der Waals surface area (Å²) in [5.74, 6) is 2.84. The van der Waals surface area contributed by atoms with Crippen LogP contribution in [0, 0.1) is 17.8 Å². The molecule has 3 atom stereocenters. The summed E-state index contributed by atoms with van der Waals surface area (Å²) in [7, 11) is 0. The monoisotopic (exact) mass is 278 g/mol. The van der Waals surface area contributed by atoms with Gasteiger partial charge in [0.1, 0.15) is 0 Å². The standard InChI is InChI=1S/C18H34N2/c1-14-10-18(19-11-16-6-3-4-7-16)13-20(12-14)15(2)17-8-5-9-17/h14-19H,3-13H2,1-2H3. The minimum Gasteiger partial charge on any atom is -0.312 e. The van der Waals surface area contributed by atoms with E-state index in [1.807, 2.05) is 0 Å². The lowest BCUT2D eigenvalue weighted by Crippen LogP contribution is -2.54. The molecule has 1 saturated heterocycles. The third-order valence-electron chi connectivity index (χ3n) is 6.27. The minimum atomic E-state index is 0.752. The molecule has 0 amide bonds. The lowest BCUT2D eigenvalue weighted by Gasteiger charge is -2.45. The van der Waals surface area contributed by atoms with E-state index in [1.165, 1.54) is 71.0 Å². The Morgan fingerprint density at radius 1 is 1.05 bits per heavy atom. The topological polar surface area (TPSA) is 15.3 Å². The highest BCUT2D eigenvalue weighted by Crippen LogP contribution is 2.34. The molecule has 2 nitrogen and oxygen atoms in total. The molecule has 0 spiro atoms. The van der Waals surface area contributed by atoms with Gasteiger partial charge in [0.05, 0.1) is 0 Å². The Morgan fingerprint density at radius 2 is 1.80 bits per heavy atom. The van der Waals surface area contributed by atoms with Crippen LogP contribution in [0.5, 0.6) is 0 Å². The molecule has 116 valence electrons. The number of likely N-dealkylation sites (tertiary alicyclic amines) is 1. The van der Waals surface area contributed by atoms with Crippen LogP contribution in [0.2, 0.25) is 0 Å². The van der Waals surface area contributed by atoms with E-state index in [0.717, 1.165) is 29.8 Å². The van der Waals surface area contributed by atoms with E-state index in [1.54, 1.807) is 0 Å². The van der Waals surface area contributed by atoms with Crippen molar-refractivity contribution in [2.24, 2.45) is 17.8 Å². The summed E-state index contributed by atoms with van der Waals surface area (Å²) in [5.41, 5.74) is 0. The molecule has 1 aliphatic heterocycles. The first-order chi connectivity index (χ1) is 9.72. The van der Waals surface area contributed by atoms with Gasteiger partial charge >= 0.3 is 0 Å². The number of nitrogens with zero attached hydrogens (tertiary/aromatic N) is 1. The Kier molecular flexibility index (Phi) is 5.04. The lowest BCUT2D eigenvalue weighted by atomic mass is 9.78. The summed E-state index contributed by atoms with van der Waals surface area (Å²) < 4.78 is 0. The molecule has 1 heterocycles. The van der Waals surface area contributed by atoms with E-state index in [9.17, 15) is 0 Å². The Morgan fingerprint density at radius 3 is 2.45 bits per heavy atom. The van der Waals surface area contributed by atoms with E-state index in [0.29, 0.717) is 0 Å². The first-order valence-corrected chi connectivity index (χ1v) is 9.20. The average Bonchev–Trinajstić information content (AvgIpc) is 2.86. The largest absolute Gasteiger partial charge is 0.312 e. The van der Waals surface area contributed by atoms with E-state index < -0.39 is 0 Å². The lowest BCUT2D eigenvalue weighted by molar-refractivity contribution is 0.0550. The fourth-order valence-electron chi connectivity index (χ4n) is 4.64. The van der Waals surface area contributed by atoms with E-state index in [4.69, 9.17) is 0 Å². The molecule has 0 bridgehead atoms. The zero-order chi connectivity index (χ0) is 13.9. The van der Waals surface area contributed by atoms with Crippen molar-refractivity contribution in [2.45, 2.75) is 77.3 Å². The zero-order valence-corrected chi connectivity index (χ0v) is 13.6. The minimum absolute atomic E-state index is 0.752. The van der Waals surface area contributed by atoms with Crippen LogP contribution >= 0.6 is 0 Å². The van der Waals surface area contributed by atoms with Gasteiger partial charge in [0.15, 0.2) is 0 Å². The highest BCUT2D eigenvalue weighted by molar-refractivity contribution is 4.89. The SMILES string of the molecule is CC1CC(NCC2CCCC2)CN(C(C)C2CCC2)C1. The van der Waals surface area contributed by atoms with Gasteiger partial charge in [-0.1, -0.05) is 26.2 Å². The molecule has 3 rings (SSSR count). The molecule has 3 aliphatic rings. The summed E-state index contributed by atoms with van der Waals surface area (Å²) in [5, 5.41) is 3.91. The Balaban J connectivity index is 1.47. The molecule has 0 aromatic heterocycles. The van der Waals surface area contributed by atoms with Gasteiger partial charge in [-0.2, -0.15) is 0 Å². The molecule has 1 N–H and O–H groups in total. The molecular weight excluding hydrogens is 244 g/mol. The van der Waals surface area contributed by atoms with Gasteiger partial charge in [-0.15, -0.1) is 0 Å². The molecule has 0 aromatic rings. The van der Waals surface area contributed by atoms with Crippen molar-refractivity contribution in [1.82, 2.24) is 10.2 Å². The van der Waals surface area contributed by atoms with Crippen LogP contribution in [0.25, 0.3) is 0 Å². The van der Waals surface area contributed by atoms with Crippen LogP contribution < -0.4 is 5.32 Å². The van der Waals surface area contributed by atoms with Gasteiger partial charge in [0.25, 0.3) is 0 Å². The predicted molar refractivity (Wildman–Crippen MR) is 85.9 cm³/mol. The number of nitrogens with one attached hydrogen (secondary N) is 1. The summed E-state index contributed by atoms with van der Waals surface area (Å²) >= 11 is 0. The summed E-state index contributed by atoms with van der Waals surface area (Å²) in [6, 6.07) is 1.57. The average molecular weight is 278 g/mol. The number of piperidine rings is 1. The molecule has 2 aliphatic carbocycles. The number of hydrogen-bond acceptors (Lipinski definition) is 2. The Labute approximate surface area is 125 Å². The normalized spacial score (nSPS) is 35.1. The summed E-state index contributed by atoms with van der Waals surface area (Å²) in [6.45, 7) is 8.84. The number of hydrogen-bond donors (Lipinski definition) is 1. The maximum atomic E-state index is 3.91. The smallest absolute Gasteiger partial charge is 0.0198 e. The maximum absolute atomic E-state index is 3.91. The Hall–Kier alpha value is -0.0800. The van der Waals surface area contributed by atoms with Crippen LogP contribution in [0.1, 0.15) is 65.2 Å². The second-order valence-electron chi connectivity index (χ2n) is 7.98. The molecule has 20 heavy (non-hydrogen) atoms. The molecular formula is C18H34N2. The summed E-state index contributed by atoms with van der Waals surface area (Å²) in [6.07, 6.45) is 11.7. The van der Waals surface area contributed by atoms with Crippen molar-refractivity contribution in [1.29, 1.82) is 0 Å². The molecule has 2 heteroatoms. The van der Waals surface area contributed by atoms with Gasteiger partial charge in [-0.05, 0) is 63.3 Å². The van der Waals surface area contributed by atoms with Gasteiger partial charge < -0.3 is 5.32 Å². The first-order valence-electron chi connectivity index (χ1n) is 9.20. The second kappa shape index (κ2) is 6.79. The zero-order valence-electron chi connectivity index (χ0n) is 13.6. The molecule has 0 radical (unpaired) electrons. The molecule has 0 aromatic carbocycles. The number of rotatable bonds is 5. The van der Waals surface area contributed by atoms with Crippen molar-refractivity contribution in [3.8, 4) is 0 Å². The van der Waals surface area contributed by atoms with Crippen LogP contribution in [0.3, 0.4) is 0 Å². The highest BCUT2D eigenvalue weighted by atomic mass is 15.2. The summed E-state index contributed by atoms with van der Waals surface area (Å²) in [4.78, 5) is 2.80. The molecule has 3 fully saturated rings. The Bertz CT molecular complexity index is 294. The third-order valence-corrected chi connectivity index (χ3v) is 6.27. The van der Waals surface area contributed by atoms with Crippen LogP contribution in [0.15, 0.2) is 0 Å². The van der Waals surface area contributed by atoms with Crippen molar-refractivity contribution in [3.05, 3.63) is 0 Å². The first kappa shape index (κ1) is 14.8. The van der Waals surface area contributed by atoms with E-state index in [-0.39, 0.29) is 0 Å². The van der Waals surface area contributed by atoms with Crippen molar-refractivity contribution in [3.63, 3.8) is 0 Å². The van der Waals surface area contributed by atoms with Gasteiger partial charge in [-0.3, -0.25) is 4.90 Å². The fraction of sp³-hybridized carbons (Fsp3) is 1.00. The van der Waals surface area contributed by atoms with Gasteiger partial charge in [-0.25, -0.2) is 0 Å². The molecule has 3 unspecified atom stereocenters. The van der Waals surface area contributed by atoms with Crippen LogP contribution in [-0.2, 0) is 0 Å². The highest BCUT2D eigenvalue weighted by Gasteiger charge is 2.33. The third kappa shape index (κ3) is 3.57. The quantitative estimate of drug-likeness (QED) is 0.825. The van der Waals surface area contributed by atoms with E-state index >= 15 is 0 Å². The second-order valence-corrected chi connectivity index (χ2v) is 7.98.